The number of rotatable bonds is 6. The first-order valence-electron chi connectivity index (χ1n) is 8.96. The Morgan fingerprint density at radius 1 is 1.19 bits per heavy atom. The standard InChI is InChI=1S/C21H24N2O3/c1-15(2)18-9-3-4-10-19(18)22-20(24)14-26-17-8-5-7-16(13-17)23-12-6-11-21(23)25/h3-5,7-10,13,15H,6,11-12,14H2,1-2H3,(H,22,24). The second-order valence-electron chi connectivity index (χ2n) is 6.73. The number of nitrogens with zero attached hydrogens (tertiary/aromatic N) is 1. The molecule has 136 valence electrons. The predicted molar refractivity (Wildman–Crippen MR) is 103 cm³/mol. The van der Waals surface area contributed by atoms with E-state index in [0.29, 0.717) is 18.1 Å². The fourth-order valence-electron chi connectivity index (χ4n) is 3.11. The number of anilines is 2. The summed E-state index contributed by atoms with van der Waals surface area (Å²) >= 11 is 0. The number of nitrogens with one attached hydrogen (secondary N) is 1. The van der Waals surface area contributed by atoms with Gasteiger partial charge in [-0.1, -0.05) is 38.1 Å². The third-order valence-electron chi connectivity index (χ3n) is 4.43. The molecule has 0 spiro atoms. The van der Waals surface area contributed by atoms with Gasteiger partial charge in [0.25, 0.3) is 5.91 Å². The Labute approximate surface area is 154 Å². The highest BCUT2D eigenvalue weighted by atomic mass is 16.5. The Morgan fingerprint density at radius 3 is 2.73 bits per heavy atom. The van der Waals surface area contributed by atoms with Gasteiger partial charge < -0.3 is 15.0 Å². The lowest BCUT2D eigenvalue weighted by molar-refractivity contribution is -0.118. The third kappa shape index (κ3) is 4.23. The van der Waals surface area contributed by atoms with Crippen molar-refractivity contribution in [3.63, 3.8) is 0 Å². The molecule has 0 atom stereocenters. The molecular formula is C21H24N2O3. The molecule has 3 rings (SSSR count). The molecule has 2 aromatic rings. The number of carbonyl (C=O) groups is 2. The Hall–Kier alpha value is -2.82. The molecule has 1 aliphatic rings. The van der Waals surface area contributed by atoms with E-state index in [0.717, 1.165) is 29.9 Å². The largest absolute Gasteiger partial charge is 0.484 e. The van der Waals surface area contributed by atoms with Crippen LogP contribution in [-0.2, 0) is 9.59 Å². The zero-order chi connectivity index (χ0) is 18.5. The quantitative estimate of drug-likeness (QED) is 0.856. The molecule has 0 unspecified atom stereocenters. The first-order valence-corrected chi connectivity index (χ1v) is 8.96. The molecule has 0 radical (unpaired) electrons. The number of hydrogen-bond donors (Lipinski definition) is 1. The van der Waals surface area contributed by atoms with E-state index < -0.39 is 0 Å². The Balaban J connectivity index is 1.61. The summed E-state index contributed by atoms with van der Waals surface area (Å²) < 4.78 is 5.63. The monoisotopic (exact) mass is 352 g/mol. The zero-order valence-electron chi connectivity index (χ0n) is 15.2. The number of hydrogen-bond acceptors (Lipinski definition) is 3. The Bertz CT molecular complexity index is 801. The lowest BCUT2D eigenvalue weighted by Gasteiger charge is -2.17. The van der Waals surface area contributed by atoms with Gasteiger partial charge in [0.1, 0.15) is 5.75 Å². The van der Waals surface area contributed by atoms with Gasteiger partial charge >= 0.3 is 0 Å². The van der Waals surface area contributed by atoms with Gasteiger partial charge in [-0.3, -0.25) is 9.59 Å². The van der Waals surface area contributed by atoms with Crippen LogP contribution in [0.25, 0.3) is 0 Å². The summed E-state index contributed by atoms with van der Waals surface area (Å²) in [5.41, 5.74) is 2.72. The highest BCUT2D eigenvalue weighted by Gasteiger charge is 2.21. The van der Waals surface area contributed by atoms with Gasteiger partial charge in [0.15, 0.2) is 6.61 Å². The second-order valence-corrected chi connectivity index (χ2v) is 6.73. The molecule has 2 aromatic carbocycles. The van der Waals surface area contributed by atoms with Gasteiger partial charge in [-0.25, -0.2) is 0 Å². The van der Waals surface area contributed by atoms with Gasteiger partial charge in [-0.05, 0) is 36.1 Å². The van der Waals surface area contributed by atoms with Crippen LogP contribution < -0.4 is 15.0 Å². The molecule has 1 heterocycles. The molecule has 0 aliphatic carbocycles. The van der Waals surface area contributed by atoms with Crippen molar-refractivity contribution in [2.24, 2.45) is 0 Å². The fraction of sp³-hybridized carbons (Fsp3) is 0.333. The SMILES string of the molecule is CC(C)c1ccccc1NC(=O)COc1cccc(N2CCCC2=O)c1. The van der Waals surface area contributed by atoms with Gasteiger partial charge in [-0.15, -0.1) is 0 Å². The Kier molecular flexibility index (Phi) is 5.56. The normalized spacial score (nSPS) is 14.0. The van der Waals surface area contributed by atoms with Crippen LogP contribution in [0.2, 0.25) is 0 Å². The van der Waals surface area contributed by atoms with Crippen molar-refractivity contribution in [3.05, 3.63) is 54.1 Å². The van der Waals surface area contributed by atoms with E-state index in [4.69, 9.17) is 4.74 Å². The summed E-state index contributed by atoms with van der Waals surface area (Å²) in [4.78, 5) is 25.9. The van der Waals surface area contributed by atoms with Crippen molar-refractivity contribution in [1.82, 2.24) is 0 Å². The van der Waals surface area contributed by atoms with E-state index in [1.165, 1.54) is 0 Å². The third-order valence-corrected chi connectivity index (χ3v) is 4.43. The van der Waals surface area contributed by atoms with Crippen LogP contribution in [0, 0.1) is 0 Å². The molecule has 0 bridgehead atoms. The summed E-state index contributed by atoms with van der Waals surface area (Å²) in [6, 6.07) is 15.1. The molecular weight excluding hydrogens is 328 g/mol. The van der Waals surface area contributed by atoms with E-state index in [-0.39, 0.29) is 18.4 Å². The number of ether oxygens (including phenoxy) is 1. The first-order chi connectivity index (χ1) is 12.5. The zero-order valence-corrected chi connectivity index (χ0v) is 15.2. The van der Waals surface area contributed by atoms with Crippen molar-refractivity contribution >= 4 is 23.2 Å². The first kappa shape index (κ1) is 18.0. The predicted octanol–water partition coefficient (Wildman–Crippen LogP) is 3.95. The van der Waals surface area contributed by atoms with Gasteiger partial charge in [-0.2, -0.15) is 0 Å². The maximum Gasteiger partial charge on any atom is 0.262 e. The topological polar surface area (TPSA) is 58.6 Å². The van der Waals surface area contributed by atoms with Gasteiger partial charge in [0.05, 0.1) is 0 Å². The minimum atomic E-state index is -0.208. The number of carbonyl (C=O) groups excluding carboxylic acids is 2. The van der Waals surface area contributed by atoms with Crippen LogP contribution in [0.4, 0.5) is 11.4 Å². The average molecular weight is 352 g/mol. The summed E-state index contributed by atoms with van der Waals surface area (Å²) in [5.74, 6) is 0.822. The second kappa shape index (κ2) is 8.04. The van der Waals surface area contributed by atoms with E-state index in [2.05, 4.69) is 19.2 Å². The van der Waals surface area contributed by atoms with Crippen molar-refractivity contribution in [2.75, 3.05) is 23.4 Å². The molecule has 0 saturated carbocycles. The summed E-state index contributed by atoms with van der Waals surface area (Å²) in [6.07, 6.45) is 1.46. The molecule has 1 aliphatic heterocycles. The Morgan fingerprint density at radius 2 is 2.00 bits per heavy atom. The van der Waals surface area contributed by atoms with Crippen LogP contribution in [0.1, 0.15) is 38.2 Å². The molecule has 1 saturated heterocycles. The maximum atomic E-state index is 12.3. The van der Waals surface area contributed by atoms with Gasteiger partial charge in [0.2, 0.25) is 5.91 Å². The number of para-hydroxylation sites is 1. The van der Waals surface area contributed by atoms with Crippen molar-refractivity contribution in [2.45, 2.75) is 32.6 Å². The molecule has 5 heteroatoms. The highest BCUT2D eigenvalue weighted by molar-refractivity contribution is 5.95. The minimum Gasteiger partial charge on any atom is -0.484 e. The number of amides is 2. The fourth-order valence-corrected chi connectivity index (χ4v) is 3.11. The van der Waals surface area contributed by atoms with Crippen molar-refractivity contribution < 1.29 is 14.3 Å². The van der Waals surface area contributed by atoms with Crippen LogP contribution in [0.5, 0.6) is 5.75 Å². The molecule has 1 fully saturated rings. The van der Waals surface area contributed by atoms with E-state index in [1.807, 2.05) is 36.4 Å². The van der Waals surface area contributed by atoms with E-state index in [1.54, 1.807) is 17.0 Å². The summed E-state index contributed by atoms with van der Waals surface area (Å²) in [7, 11) is 0. The van der Waals surface area contributed by atoms with Crippen LogP contribution in [0.15, 0.2) is 48.5 Å². The van der Waals surface area contributed by atoms with Crippen molar-refractivity contribution in [1.29, 1.82) is 0 Å². The molecule has 2 amide bonds. The van der Waals surface area contributed by atoms with E-state index >= 15 is 0 Å². The van der Waals surface area contributed by atoms with Gasteiger partial charge in [0, 0.05) is 30.4 Å². The maximum absolute atomic E-state index is 12.3. The summed E-state index contributed by atoms with van der Waals surface area (Å²) in [5, 5.41) is 2.91. The lowest BCUT2D eigenvalue weighted by Crippen LogP contribution is -2.24. The smallest absolute Gasteiger partial charge is 0.262 e. The summed E-state index contributed by atoms with van der Waals surface area (Å²) in [6.45, 7) is 4.83. The van der Waals surface area contributed by atoms with Crippen molar-refractivity contribution in [3.8, 4) is 5.75 Å². The van der Waals surface area contributed by atoms with E-state index in [9.17, 15) is 9.59 Å². The van der Waals surface area contributed by atoms with Crippen LogP contribution in [-0.4, -0.2) is 25.0 Å². The average Bonchev–Trinajstić information content (AvgIpc) is 3.06. The van der Waals surface area contributed by atoms with Crippen LogP contribution in [0.3, 0.4) is 0 Å². The highest BCUT2D eigenvalue weighted by Crippen LogP contribution is 2.26. The molecule has 26 heavy (non-hydrogen) atoms. The molecule has 0 aromatic heterocycles. The lowest BCUT2D eigenvalue weighted by atomic mass is 10.0. The number of benzene rings is 2. The molecule has 1 N–H and O–H groups in total. The minimum absolute atomic E-state index is 0.0795. The van der Waals surface area contributed by atoms with Crippen LogP contribution >= 0.6 is 0 Å². The molecule has 5 nitrogen and oxygen atoms in total.